The maximum absolute atomic E-state index is 11.0. The fraction of sp³-hybridized carbons (Fsp3) is 0.571. The molecule has 1 fully saturated rings. The summed E-state index contributed by atoms with van der Waals surface area (Å²) < 4.78 is 0. The Balaban J connectivity index is 2.27. The summed E-state index contributed by atoms with van der Waals surface area (Å²) in [5.74, 6) is 0.00219. The van der Waals surface area contributed by atoms with Gasteiger partial charge < -0.3 is 10.0 Å². The van der Waals surface area contributed by atoms with E-state index in [2.05, 4.69) is 16.8 Å². The largest absolute Gasteiger partial charge is 0.478 e. The van der Waals surface area contributed by atoms with Crippen molar-refractivity contribution >= 4 is 11.8 Å². The van der Waals surface area contributed by atoms with E-state index < -0.39 is 5.97 Å². The molecule has 4 heteroatoms. The molecule has 0 saturated carbocycles. The second kappa shape index (κ2) is 5.38. The van der Waals surface area contributed by atoms with Gasteiger partial charge in [0.25, 0.3) is 0 Å². The third kappa shape index (κ3) is 2.63. The van der Waals surface area contributed by atoms with Crippen LogP contribution in [0.15, 0.2) is 12.1 Å². The molecule has 98 valence electrons. The molecule has 18 heavy (non-hydrogen) atoms. The molecule has 2 heterocycles. The van der Waals surface area contributed by atoms with Crippen LogP contribution >= 0.6 is 0 Å². The van der Waals surface area contributed by atoms with Crippen LogP contribution in [0.4, 0.5) is 5.82 Å². The van der Waals surface area contributed by atoms with Crippen molar-refractivity contribution in [1.29, 1.82) is 0 Å². The fourth-order valence-corrected chi connectivity index (χ4v) is 2.55. The van der Waals surface area contributed by atoms with Crippen LogP contribution in [0.5, 0.6) is 0 Å². The summed E-state index contributed by atoms with van der Waals surface area (Å²) >= 11 is 0. The predicted molar refractivity (Wildman–Crippen MR) is 71.2 cm³/mol. The second-order valence-electron chi connectivity index (χ2n) is 5.00. The van der Waals surface area contributed by atoms with Crippen molar-refractivity contribution in [3.63, 3.8) is 0 Å². The van der Waals surface area contributed by atoms with Gasteiger partial charge in [0.05, 0.1) is 11.3 Å². The lowest BCUT2D eigenvalue weighted by molar-refractivity contribution is 0.0695. The first-order valence-corrected chi connectivity index (χ1v) is 6.57. The van der Waals surface area contributed by atoms with Crippen LogP contribution in [0.25, 0.3) is 0 Å². The van der Waals surface area contributed by atoms with E-state index in [1.807, 2.05) is 6.07 Å². The first-order chi connectivity index (χ1) is 8.59. The highest BCUT2D eigenvalue weighted by Crippen LogP contribution is 2.23. The molecule has 0 bridgehead atoms. The van der Waals surface area contributed by atoms with Crippen LogP contribution in [0.2, 0.25) is 0 Å². The zero-order valence-corrected chi connectivity index (χ0v) is 11.0. The monoisotopic (exact) mass is 248 g/mol. The summed E-state index contributed by atoms with van der Waals surface area (Å²) in [5, 5.41) is 9.01. The van der Waals surface area contributed by atoms with E-state index >= 15 is 0 Å². The molecule has 0 radical (unpaired) electrons. The standard InChI is InChI=1S/C14H20N2O2/c1-10-6-4-3-5-9-16(10)13-8-7-12(14(17)18)11(2)15-13/h7-8,10H,3-6,9H2,1-2H3,(H,17,18). The average molecular weight is 248 g/mol. The highest BCUT2D eigenvalue weighted by molar-refractivity contribution is 5.89. The van der Waals surface area contributed by atoms with Crippen LogP contribution in [-0.2, 0) is 0 Å². The Morgan fingerprint density at radius 1 is 1.39 bits per heavy atom. The number of carboxylic acids is 1. The number of aromatic nitrogens is 1. The molecule has 0 amide bonds. The molecule has 1 atom stereocenters. The second-order valence-corrected chi connectivity index (χ2v) is 5.00. The molecule has 1 aliphatic heterocycles. The lowest BCUT2D eigenvalue weighted by atomic mass is 10.1. The van der Waals surface area contributed by atoms with Gasteiger partial charge in [0.1, 0.15) is 5.82 Å². The van der Waals surface area contributed by atoms with Gasteiger partial charge in [-0.1, -0.05) is 12.8 Å². The number of pyridine rings is 1. The summed E-state index contributed by atoms with van der Waals surface area (Å²) in [7, 11) is 0. The quantitative estimate of drug-likeness (QED) is 0.874. The number of carbonyl (C=O) groups is 1. The average Bonchev–Trinajstić information content (AvgIpc) is 2.53. The van der Waals surface area contributed by atoms with Gasteiger partial charge in [0.15, 0.2) is 0 Å². The fourth-order valence-electron chi connectivity index (χ4n) is 2.55. The zero-order valence-electron chi connectivity index (χ0n) is 11.0. The Morgan fingerprint density at radius 2 is 2.17 bits per heavy atom. The molecule has 1 saturated heterocycles. The third-order valence-corrected chi connectivity index (χ3v) is 3.65. The van der Waals surface area contributed by atoms with E-state index in [-0.39, 0.29) is 0 Å². The smallest absolute Gasteiger partial charge is 0.337 e. The van der Waals surface area contributed by atoms with Crippen molar-refractivity contribution in [2.75, 3.05) is 11.4 Å². The highest BCUT2D eigenvalue weighted by atomic mass is 16.4. The Hall–Kier alpha value is -1.58. The van der Waals surface area contributed by atoms with Crippen LogP contribution in [0.3, 0.4) is 0 Å². The van der Waals surface area contributed by atoms with Crippen LogP contribution in [0.1, 0.15) is 48.7 Å². The number of aryl methyl sites for hydroxylation is 1. The molecule has 1 N–H and O–H groups in total. The summed E-state index contributed by atoms with van der Waals surface area (Å²) in [6.07, 6.45) is 4.91. The minimum Gasteiger partial charge on any atom is -0.478 e. The van der Waals surface area contributed by atoms with Gasteiger partial charge in [-0.15, -0.1) is 0 Å². The number of nitrogens with zero attached hydrogens (tertiary/aromatic N) is 2. The topological polar surface area (TPSA) is 53.4 Å². The van der Waals surface area contributed by atoms with E-state index in [1.54, 1.807) is 13.0 Å². The highest BCUT2D eigenvalue weighted by Gasteiger charge is 2.19. The molecule has 0 aliphatic carbocycles. The number of carboxylic acid groups (broad SMARTS) is 1. The lowest BCUT2D eigenvalue weighted by Gasteiger charge is -2.28. The zero-order chi connectivity index (χ0) is 13.1. The summed E-state index contributed by atoms with van der Waals surface area (Å²) in [6.45, 7) is 4.99. The number of hydrogen-bond donors (Lipinski definition) is 1. The van der Waals surface area contributed by atoms with Gasteiger partial charge in [0.2, 0.25) is 0 Å². The molecule has 1 unspecified atom stereocenters. The van der Waals surface area contributed by atoms with Gasteiger partial charge in [0, 0.05) is 12.6 Å². The lowest BCUT2D eigenvalue weighted by Crippen LogP contribution is -2.33. The van der Waals surface area contributed by atoms with Crippen LogP contribution in [0, 0.1) is 6.92 Å². The van der Waals surface area contributed by atoms with Gasteiger partial charge in [-0.05, 0) is 38.8 Å². The molecule has 0 aromatic carbocycles. The van der Waals surface area contributed by atoms with E-state index in [0.29, 0.717) is 17.3 Å². The number of aromatic carboxylic acids is 1. The van der Waals surface area contributed by atoms with E-state index in [4.69, 9.17) is 5.11 Å². The molecule has 4 nitrogen and oxygen atoms in total. The first kappa shape index (κ1) is 12.9. The predicted octanol–water partition coefficient (Wildman–Crippen LogP) is 2.86. The van der Waals surface area contributed by atoms with Crippen LogP contribution < -0.4 is 4.90 Å². The molecule has 1 aliphatic rings. The molecule has 1 aromatic rings. The normalized spacial score (nSPS) is 20.6. The van der Waals surface area contributed by atoms with Gasteiger partial charge in [-0.3, -0.25) is 0 Å². The van der Waals surface area contributed by atoms with Gasteiger partial charge >= 0.3 is 5.97 Å². The van der Waals surface area contributed by atoms with Gasteiger partial charge in [-0.2, -0.15) is 0 Å². The third-order valence-electron chi connectivity index (χ3n) is 3.65. The SMILES string of the molecule is Cc1nc(N2CCCCCC2C)ccc1C(=O)O. The van der Waals surface area contributed by atoms with E-state index in [0.717, 1.165) is 12.4 Å². The molecule has 1 aromatic heterocycles. The van der Waals surface area contributed by atoms with Crippen molar-refractivity contribution in [2.45, 2.75) is 45.6 Å². The summed E-state index contributed by atoms with van der Waals surface area (Å²) in [5.41, 5.74) is 0.887. The van der Waals surface area contributed by atoms with Crippen molar-refractivity contribution in [1.82, 2.24) is 4.98 Å². The molecule has 2 rings (SSSR count). The molecular weight excluding hydrogens is 228 g/mol. The maximum atomic E-state index is 11.0. The molecule has 0 spiro atoms. The molecular formula is C14H20N2O2. The van der Waals surface area contributed by atoms with Crippen molar-refractivity contribution < 1.29 is 9.90 Å². The summed E-state index contributed by atoms with van der Waals surface area (Å²) in [4.78, 5) is 17.7. The minimum atomic E-state index is -0.907. The Labute approximate surface area is 108 Å². The van der Waals surface area contributed by atoms with Crippen molar-refractivity contribution in [2.24, 2.45) is 0 Å². The van der Waals surface area contributed by atoms with E-state index in [1.165, 1.54) is 25.7 Å². The van der Waals surface area contributed by atoms with Crippen LogP contribution in [-0.4, -0.2) is 28.6 Å². The van der Waals surface area contributed by atoms with Crippen molar-refractivity contribution in [3.8, 4) is 0 Å². The number of rotatable bonds is 2. The number of hydrogen-bond acceptors (Lipinski definition) is 3. The van der Waals surface area contributed by atoms with Crippen molar-refractivity contribution in [3.05, 3.63) is 23.4 Å². The summed E-state index contributed by atoms with van der Waals surface area (Å²) in [6, 6.07) is 3.98. The first-order valence-electron chi connectivity index (χ1n) is 6.57. The Bertz CT molecular complexity index is 445. The Morgan fingerprint density at radius 3 is 2.83 bits per heavy atom. The van der Waals surface area contributed by atoms with Gasteiger partial charge in [-0.25, -0.2) is 9.78 Å². The minimum absolute atomic E-state index is 0.293. The number of anilines is 1. The Kier molecular flexibility index (Phi) is 3.84. The maximum Gasteiger partial charge on any atom is 0.337 e. The van der Waals surface area contributed by atoms with E-state index in [9.17, 15) is 4.79 Å².